The molecule has 1 aromatic carbocycles. The Morgan fingerprint density at radius 3 is 1.83 bits per heavy atom. The van der Waals surface area contributed by atoms with Gasteiger partial charge in [-0.25, -0.2) is 9.59 Å². The third kappa shape index (κ3) is 5.84. The predicted octanol–water partition coefficient (Wildman–Crippen LogP) is 3.45. The molecule has 0 aromatic heterocycles. The van der Waals surface area contributed by atoms with Crippen LogP contribution < -0.4 is 0 Å². The molecule has 4 nitrogen and oxygen atoms in total. The van der Waals surface area contributed by atoms with Crippen molar-refractivity contribution >= 4 is 11.9 Å². The zero-order valence-electron chi connectivity index (χ0n) is 10.4. The first-order valence-corrected chi connectivity index (χ1v) is 5.71. The third-order valence-corrected chi connectivity index (χ3v) is 2.15. The van der Waals surface area contributed by atoms with Gasteiger partial charge in [0, 0.05) is 0 Å². The number of carbonyl (C=O) groups is 2. The average Bonchev–Trinajstić information content (AvgIpc) is 2.37. The van der Waals surface area contributed by atoms with Gasteiger partial charge in [0.2, 0.25) is 0 Å². The van der Waals surface area contributed by atoms with E-state index in [1.54, 1.807) is 0 Å². The molecule has 1 aromatic rings. The molecule has 0 amide bonds. The topological polar surface area (TPSA) is 74.6 Å². The lowest BCUT2D eigenvalue weighted by Gasteiger charge is -1.98. The molecule has 18 heavy (non-hydrogen) atoms. The third-order valence-electron chi connectivity index (χ3n) is 2.15. The van der Waals surface area contributed by atoms with Gasteiger partial charge in [0.15, 0.2) is 0 Å². The number of carboxylic acids is 2. The van der Waals surface area contributed by atoms with Crippen molar-refractivity contribution in [2.24, 2.45) is 0 Å². The highest BCUT2D eigenvalue weighted by molar-refractivity contribution is 6.01. The van der Waals surface area contributed by atoms with Crippen LogP contribution in [-0.4, -0.2) is 22.2 Å². The van der Waals surface area contributed by atoms with Gasteiger partial charge in [0.1, 0.15) is 0 Å². The van der Waals surface area contributed by atoms with Gasteiger partial charge < -0.3 is 10.2 Å². The molecular formula is C14H18O4. The number of allylic oxidation sites excluding steroid dienone is 1. The van der Waals surface area contributed by atoms with E-state index in [2.05, 4.69) is 13.5 Å². The van der Waals surface area contributed by atoms with Crippen LogP contribution in [0.2, 0.25) is 0 Å². The Bertz CT molecular complexity index is 377. The number of unbranched alkanes of at least 4 members (excludes halogenated alkanes) is 2. The minimum absolute atomic E-state index is 0.190. The molecule has 0 radical (unpaired) electrons. The maximum Gasteiger partial charge on any atom is 0.336 e. The summed E-state index contributed by atoms with van der Waals surface area (Å²) in [6, 6.07) is 5.48. The van der Waals surface area contributed by atoms with Crippen LogP contribution in [0.3, 0.4) is 0 Å². The molecule has 2 N–H and O–H groups in total. The van der Waals surface area contributed by atoms with E-state index in [9.17, 15) is 9.59 Å². The van der Waals surface area contributed by atoms with E-state index in [-0.39, 0.29) is 11.1 Å². The molecule has 0 spiro atoms. The fourth-order valence-corrected chi connectivity index (χ4v) is 1.20. The summed E-state index contributed by atoms with van der Waals surface area (Å²) in [5, 5.41) is 17.1. The number of aromatic carboxylic acids is 2. The molecule has 0 bridgehead atoms. The van der Waals surface area contributed by atoms with Gasteiger partial charge in [0.25, 0.3) is 0 Å². The molecule has 4 heteroatoms. The van der Waals surface area contributed by atoms with E-state index in [0.29, 0.717) is 0 Å². The van der Waals surface area contributed by atoms with Crippen molar-refractivity contribution in [3.63, 3.8) is 0 Å². The highest BCUT2D eigenvalue weighted by Gasteiger charge is 2.13. The van der Waals surface area contributed by atoms with E-state index < -0.39 is 11.9 Å². The minimum Gasteiger partial charge on any atom is -0.478 e. The number of rotatable bonds is 5. The molecule has 0 fully saturated rings. The van der Waals surface area contributed by atoms with Gasteiger partial charge in [-0.15, -0.1) is 6.58 Å². The van der Waals surface area contributed by atoms with Crippen molar-refractivity contribution in [2.45, 2.75) is 26.2 Å². The Balaban J connectivity index is 0.000000411. The average molecular weight is 250 g/mol. The van der Waals surface area contributed by atoms with Crippen molar-refractivity contribution in [3.8, 4) is 0 Å². The zero-order chi connectivity index (χ0) is 14.0. The van der Waals surface area contributed by atoms with Crippen LogP contribution in [0.5, 0.6) is 0 Å². The van der Waals surface area contributed by atoms with Crippen molar-refractivity contribution in [1.82, 2.24) is 0 Å². The molecule has 0 aliphatic heterocycles. The largest absolute Gasteiger partial charge is 0.478 e. The fraction of sp³-hybridized carbons (Fsp3) is 0.286. The molecule has 1 rings (SSSR count). The van der Waals surface area contributed by atoms with E-state index >= 15 is 0 Å². The van der Waals surface area contributed by atoms with Gasteiger partial charge in [0.05, 0.1) is 11.1 Å². The lowest BCUT2D eigenvalue weighted by molar-refractivity contribution is 0.0651. The van der Waals surface area contributed by atoms with Crippen molar-refractivity contribution in [1.29, 1.82) is 0 Å². The standard InChI is InChI=1S/C8H6O4.C6H12/c9-7(10)5-3-1-2-4-6(5)8(11)12;1-3-5-6-4-2/h1-4H,(H,9,10)(H,11,12);3H,1,4-6H2,2H3. The number of carboxylic acid groups (broad SMARTS) is 2. The smallest absolute Gasteiger partial charge is 0.336 e. The summed E-state index contributed by atoms with van der Waals surface area (Å²) in [5.74, 6) is -2.46. The number of benzene rings is 1. The number of hydrogen-bond acceptors (Lipinski definition) is 2. The maximum absolute atomic E-state index is 10.5. The van der Waals surface area contributed by atoms with E-state index in [1.165, 1.54) is 43.5 Å². The van der Waals surface area contributed by atoms with E-state index in [4.69, 9.17) is 10.2 Å². The Kier molecular flexibility index (Phi) is 7.94. The fourth-order valence-electron chi connectivity index (χ4n) is 1.20. The monoisotopic (exact) mass is 250 g/mol. The molecular weight excluding hydrogens is 232 g/mol. The SMILES string of the molecule is C=CCCCC.O=C(O)c1ccccc1C(=O)O. The Hall–Kier alpha value is -2.10. The summed E-state index contributed by atoms with van der Waals surface area (Å²) in [5.41, 5.74) is -0.380. The van der Waals surface area contributed by atoms with Crippen LogP contribution in [0.15, 0.2) is 36.9 Å². The molecule has 0 atom stereocenters. The molecule has 98 valence electrons. The van der Waals surface area contributed by atoms with E-state index in [0.717, 1.165) is 0 Å². The molecule has 0 saturated carbocycles. The van der Waals surface area contributed by atoms with E-state index in [1.807, 2.05) is 6.08 Å². The van der Waals surface area contributed by atoms with Crippen LogP contribution in [-0.2, 0) is 0 Å². The second-order valence-corrected chi connectivity index (χ2v) is 3.59. The first-order valence-electron chi connectivity index (χ1n) is 5.71. The summed E-state index contributed by atoms with van der Waals surface area (Å²) >= 11 is 0. The molecule has 0 aliphatic rings. The van der Waals surface area contributed by atoms with Gasteiger partial charge >= 0.3 is 11.9 Å². The highest BCUT2D eigenvalue weighted by atomic mass is 16.4. The Morgan fingerprint density at radius 1 is 1.17 bits per heavy atom. The highest BCUT2D eigenvalue weighted by Crippen LogP contribution is 2.07. The predicted molar refractivity (Wildman–Crippen MR) is 70.1 cm³/mol. The second-order valence-electron chi connectivity index (χ2n) is 3.59. The molecule has 0 heterocycles. The summed E-state index contributed by atoms with van der Waals surface area (Å²) in [6.45, 7) is 5.78. The van der Waals surface area contributed by atoms with Crippen molar-refractivity contribution in [2.75, 3.05) is 0 Å². The molecule has 0 unspecified atom stereocenters. The molecule has 0 aliphatic carbocycles. The summed E-state index contributed by atoms with van der Waals surface area (Å²) in [6.07, 6.45) is 5.72. The van der Waals surface area contributed by atoms with Gasteiger partial charge in [-0.05, 0) is 18.6 Å². The summed E-state index contributed by atoms with van der Waals surface area (Å²) in [4.78, 5) is 20.9. The minimum atomic E-state index is -1.23. The quantitative estimate of drug-likeness (QED) is 0.620. The summed E-state index contributed by atoms with van der Waals surface area (Å²) in [7, 11) is 0. The lowest BCUT2D eigenvalue weighted by atomic mass is 10.1. The van der Waals surface area contributed by atoms with Gasteiger partial charge in [-0.1, -0.05) is 38.0 Å². The van der Waals surface area contributed by atoms with Gasteiger partial charge in [-0.3, -0.25) is 0 Å². The number of hydrogen-bond donors (Lipinski definition) is 2. The van der Waals surface area contributed by atoms with Crippen LogP contribution in [0.25, 0.3) is 0 Å². The van der Waals surface area contributed by atoms with Crippen molar-refractivity contribution in [3.05, 3.63) is 48.0 Å². The first-order chi connectivity index (χ1) is 8.54. The van der Waals surface area contributed by atoms with Crippen LogP contribution >= 0.6 is 0 Å². The normalized spacial score (nSPS) is 8.94. The Labute approximate surface area is 107 Å². The van der Waals surface area contributed by atoms with Crippen molar-refractivity contribution < 1.29 is 19.8 Å². The molecule has 0 saturated heterocycles. The first kappa shape index (κ1) is 15.9. The zero-order valence-corrected chi connectivity index (χ0v) is 10.4. The second kappa shape index (κ2) is 8.98. The van der Waals surface area contributed by atoms with Gasteiger partial charge in [-0.2, -0.15) is 0 Å². The van der Waals surface area contributed by atoms with Crippen LogP contribution in [0, 0.1) is 0 Å². The lowest BCUT2D eigenvalue weighted by Crippen LogP contribution is -2.06. The maximum atomic E-state index is 10.5. The van der Waals surface area contributed by atoms with Crippen LogP contribution in [0.4, 0.5) is 0 Å². The Morgan fingerprint density at radius 2 is 1.61 bits per heavy atom. The summed E-state index contributed by atoms with van der Waals surface area (Å²) < 4.78 is 0. The van der Waals surface area contributed by atoms with Crippen LogP contribution in [0.1, 0.15) is 46.9 Å².